The zero-order chi connectivity index (χ0) is 14.8. The molecule has 23 heavy (non-hydrogen) atoms. The Bertz CT molecular complexity index is 597. The number of pyridine rings is 1. The normalized spacial score (nSPS) is 24.1. The quantitative estimate of drug-likeness (QED) is 0.816. The van der Waals surface area contributed by atoms with E-state index in [1.807, 2.05) is 12.4 Å². The number of piperazine rings is 1. The molecule has 4 rings (SSSR count). The van der Waals surface area contributed by atoms with Crippen LogP contribution in [0.1, 0.15) is 17.9 Å². The predicted molar refractivity (Wildman–Crippen MR) is 101 cm³/mol. The zero-order valence-electron chi connectivity index (χ0n) is 13.3. The average molecular weight is 374 g/mol. The van der Waals surface area contributed by atoms with Crippen LogP contribution in [0.2, 0.25) is 0 Å². The van der Waals surface area contributed by atoms with Crippen LogP contribution in [0.5, 0.6) is 0 Å². The molecule has 3 nitrogen and oxygen atoms in total. The van der Waals surface area contributed by atoms with Crippen LogP contribution in [0.4, 0.5) is 5.69 Å². The minimum atomic E-state index is 0. The number of halogens is 1. The van der Waals surface area contributed by atoms with Crippen molar-refractivity contribution in [3.8, 4) is 0 Å². The second kappa shape index (κ2) is 7.45. The summed E-state index contributed by atoms with van der Waals surface area (Å²) in [4.78, 5) is 9.22. The van der Waals surface area contributed by atoms with Crippen molar-refractivity contribution in [2.75, 3.05) is 37.6 Å². The van der Waals surface area contributed by atoms with Crippen LogP contribution in [0, 0.1) is 5.92 Å². The SMILES string of the molecule is Br.c1ccc([C@H]2C[C@@H]2CN2CCN(c3ccncc3)CC2)cc1. The summed E-state index contributed by atoms with van der Waals surface area (Å²) in [7, 11) is 0. The Balaban J connectivity index is 0.00000156. The average Bonchev–Trinajstić information content (AvgIpc) is 3.36. The van der Waals surface area contributed by atoms with Gasteiger partial charge >= 0.3 is 0 Å². The lowest BCUT2D eigenvalue weighted by molar-refractivity contribution is 0.246. The van der Waals surface area contributed by atoms with Crippen molar-refractivity contribution in [1.82, 2.24) is 9.88 Å². The fourth-order valence-electron chi connectivity index (χ4n) is 3.63. The largest absolute Gasteiger partial charge is 0.369 e. The number of aromatic nitrogens is 1. The van der Waals surface area contributed by atoms with E-state index >= 15 is 0 Å². The molecular weight excluding hydrogens is 350 g/mol. The van der Waals surface area contributed by atoms with E-state index in [-0.39, 0.29) is 17.0 Å². The second-order valence-corrected chi connectivity index (χ2v) is 6.51. The highest BCUT2D eigenvalue weighted by atomic mass is 79.9. The fraction of sp³-hybridized carbons (Fsp3) is 0.421. The highest BCUT2D eigenvalue weighted by Crippen LogP contribution is 2.47. The molecule has 2 heterocycles. The van der Waals surface area contributed by atoms with Crippen LogP contribution in [0.3, 0.4) is 0 Å². The second-order valence-electron chi connectivity index (χ2n) is 6.51. The van der Waals surface area contributed by atoms with Gasteiger partial charge in [0.1, 0.15) is 0 Å². The van der Waals surface area contributed by atoms with E-state index in [0.29, 0.717) is 0 Å². The standard InChI is InChI=1S/C19H23N3.BrH/c1-2-4-16(5-3-1)19-14-17(19)15-21-10-12-22(13-11-21)18-6-8-20-9-7-18;/h1-9,17,19H,10-15H2;1H/t17-,19-;/m1./s1. The van der Waals surface area contributed by atoms with E-state index in [9.17, 15) is 0 Å². The summed E-state index contributed by atoms with van der Waals surface area (Å²) in [6, 6.07) is 15.2. The smallest absolute Gasteiger partial charge is 0.0397 e. The molecule has 1 saturated carbocycles. The van der Waals surface area contributed by atoms with E-state index in [2.05, 4.69) is 57.2 Å². The maximum absolute atomic E-state index is 4.10. The van der Waals surface area contributed by atoms with Crippen molar-refractivity contribution in [3.63, 3.8) is 0 Å². The first-order chi connectivity index (χ1) is 10.9. The lowest BCUT2D eigenvalue weighted by Gasteiger charge is -2.36. The van der Waals surface area contributed by atoms with Crippen molar-refractivity contribution in [2.24, 2.45) is 5.92 Å². The summed E-state index contributed by atoms with van der Waals surface area (Å²) in [5.74, 6) is 1.68. The van der Waals surface area contributed by atoms with Crippen LogP contribution < -0.4 is 4.90 Å². The topological polar surface area (TPSA) is 19.4 Å². The van der Waals surface area contributed by atoms with E-state index < -0.39 is 0 Å². The summed E-state index contributed by atoms with van der Waals surface area (Å²) >= 11 is 0. The van der Waals surface area contributed by atoms with Crippen LogP contribution in [0.25, 0.3) is 0 Å². The molecular formula is C19H24BrN3. The molecule has 2 atom stereocenters. The minimum absolute atomic E-state index is 0. The Labute approximate surface area is 149 Å². The van der Waals surface area contributed by atoms with E-state index in [1.54, 1.807) is 0 Å². The molecule has 2 fully saturated rings. The van der Waals surface area contributed by atoms with Gasteiger partial charge in [-0.15, -0.1) is 17.0 Å². The number of nitrogens with zero attached hydrogens (tertiary/aromatic N) is 3. The summed E-state index contributed by atoms with van der Waals surface area (Å²) in [5, 5.41) is 0. The van der Waals surface area contributed by atoms with Crippen molar-refractivity contribution < 1.29 is 0 Å². The molecule has 1 aliphatic heterocycles. The van der Waals surface area contributed by atoms with Gasteiger partial charge in [0.15, 0.2) is 0 Å². The summed E-state index contributed by atoms with van der Waals surface area (Å²) < 4.78 is 0. The number of rotatable bonds is 4. The molecule has 4 heteroatoms. The third-order valence-electron chi connectivity index (χ3n) is 5.04. The van der Waals surface area contributed by atoms with Gasteiger partial charge in [-0.05, 0) is 36.0 Å². The molecule has 122 valence electrons. The van der Waals surface area contributed by atoms with Gasteiger partial charge in [-0.1, -0.05) is 30.3 Å². The van der Waals surface area contributed by atoms with Gasteiger partial charge in [0.2, 0.25) is 0 Å². The van der Waals surface area contributed by atoms with Crippen LogP contribution in [-0.4, -0.2) is 42.6 Å². The molecule has 1 saturated heterocycles. The highest BCUT2D eigenvalue weighted by Gasteiger charge is 2.39. The summed E-state index contributed by atoms with van der Waals surface area (Å²) in [6.07, 6.45) is 5.14. The van der Waals surface area contributed by atoms with Gasteiger partial charge in [-0.2, -0.15) is 0 Å². The van der Waals surface area contributed by atoms with Crippen LogP contribution >= 0.6 is 17.0 Å². The van der Waals surface area contributed by atoms with Gasteiger partial charge in [-0.3, -0.25) is 9.88 Å². The lowest BCUT2D eigenvalue weighted by Crippen LogP contribution is -2.47. The molecule has 0 unspecified atom stereocenters. The molecule has 0 N–H and O–H groups in total. The lowest BCUT2D eigenvalue weighted by atomic mass is 10.1. The molecule has 1 aromatic heterocycles. The number of benzene rings is 1. The first-order valence-corrected chi connectivity index (χ1v) is 8.32. The molecule has 0 spiro atoms. The Morgan fingerprint density at radius 2 is 1.61 bits per heavy atom. The molecule has 1 aliphatic carbocycles. The van der Waals surface area contributed by atoms with E-state index in [4.69, 9.17) is 0 Å². The first-order valence-electron chi connectivity index (χ1n) is 8.32. The predicted octanol–water partition coefficient (Wildman–Crippen LogP) is 3.59. The monoisotopic (exact) mass is 373 g/mol. The van der Waals surface area contributed by atoms with Crippen LogP contribution in [0.15, 0.2) is 54.9 Å². The van der Waals surface area contributed by atoms with Gasteiger partial charge in [0.25, 0.3) is 0 Å². The maximum Gasteiger partial charge on any atom is 0.0397 e. The summed E-state index contributed by atoms with van der Waals surface area (Å²) in [6.45, 7) is 5.89. The van der Waals surface area contributed by atoms with Crippen molar-refractivity contribution in [2.45, 2.75) is 12.3 Å². The number of anilines is 1. The highest BCUT2D eigenvalue weighted by molar-refractivity contribution is 8.93. The molecule has 0 bridgehead atoms. The maximum atomic E-state index is 4.10. The minimum Gasteiger partial charge on any atom is -0.369 e. The molecule has 2 aromatic rings. The van der Waals surface area contributed by atoms with Gasteiger partial charge < -0.3 is 4.90 Å². The Kier molecular flexibility index (Phi) is 5.34. The fourth-order valence-corrected chi connectivity index (χ4v) is 3.63. The van der Waals surface area contributed by atoms with Crippen molar-refractivity contribution in [3.05, 3.63) is 60.4 Å². The molecule has 2 aliphatic rings. The van der Waals surface area contributed by atoms with Gasteiger partial charge in [0.05, 0.1) is 0 Å². The third kappa shape index (κ3) is 3.93. The molecule has 0 amide bonds. The zero-order valence-corrected chi connectivity index (χ0v) is 15.1. The number of hydrogen-bond acceptors (Lipinski definition) is 3. The third-order valence-corrected chi connectivity index (χ3v) is 5.04. The van der Waals surface area contributed by atoms with Crippen molar-refractivity contribution >= 4 is 22.7 Å². The van der Waals surface area contributed by atoms with Crippen LogP contribution in [-0.2, 0) is 0 Å². The Morgan fingerprint density at radius 3 is 2.30 bits per heavy atom. The van der Waals surface area contributed by atoms with Crippen molar-refractivity contribution in [1.29, 1.82) is 0 Å². The Morgan fingerprint density at radius 1 is 0.913 bits per heavy atom. The summed E-state index contributed by atoms with van der Waals surface area (Å²) in [5.41, 5.74) is 2.84. The van der Waals surface area contributed by atoms with Gasteiger partial charge in [0, 0.05) is 50.8 Å². The van der Waals surface area contributed by atoms with Gasteiger partial charge in [-0.25, -0.2) is 0 Å². The first kappa shape index (κ1) is 16.5. The Hall–Kier alpha value is -1.39. The molecule has 1 aromatic carbocycles. The van der Waals surface area contributed by atoms with E-state index in [1.165, 1.54) is 37.3 Å². The number of hydrogen-bond donors (Lipinski definition) is 0. The molecule has 0 radical (unpaired) electrons. The van der Waals surface area contributed by atoms with E-state index in [0.717, 1.165) is 24.9 Å².